The van der Waals surface area contributed by atoms with E-state index in [9.17, 15) is 9.59 Å². The Kier molecular flexibility index (Phi) is 8.08. The van der Waals surface area contributed by atoms with Crippen LogP contribution in [0.4, 0.5) is 5.69 Å². The maximum absolute atomic E-state index is 13.4. The second kappa shape index (κ2) is 11.6. The highest BCUT2D eigenvalue weighted by Crippen LogP contribution is 2.37. The van der Waals surface area contributed by atoms with E-state index < -0.39 is 0 Å². The fourth-order valence-corrected chi connectivity index (χ4v) is 5.93. The third-order valence-electron chi connectivity index (χ3n) is 6.61. The molecule has 0 spiro atoms. The number of carbonyl (C=O) groups is 1. The summed E-state index contributed by atoms with van der Waals surface area (Å²) in [5.74, 6) is 0.614. The number of hydrogen-bond acceptors (Lipinski definition) is 4. The zero-order valence-corrected chi connectivity index (χ0v) is 22.5. The van der Waals surface area contributed by atoms with Crippen molar-refractivity contribution < 1.29 is 4.79 Å². The monoisotopic (exact) mass is 551 g/mol. The van der Waals surface area contributed by atoms with E-state index >= 15 is 0 Å². The van der Waals surface area contributed by atoms with Crippen LogP contribution in [0.15, 0.2) is 82.5 Å². The topological polar surface area (TPSA) is 65.2 Å². The molecule has 0 saturated carbocycles. The minimum absolute atomic E-state index is 0.0305. The van der Waals surface area contributed by atoms with E-state index in [0.29, 0.717) is 35.4 Å². The van der Waals surface area contributed by atoms with Crippen LogP contribution < -0.4 is 15.8 Å². The molecule has 37 heavy (non-hydrogen) atoms. The summed E-state index contributed by atoms with van der Waals surface area (Å²) in [6.07, 6.45) is 1.63. The summed E-state index contributed by atoms with van der Waals surface area (Å²) in [7, 11) is 0. The summed E-state index contributed by atoms with van der Waals surface area (Å²) in [6.45, 7) is 1.78. The fourth-order valence-electron chi connectivity index (χ4n) is 4.87. The maximum Gasteiger partial charge on any atom is 0.272 e. The van der Waals surface area contributed by atoms with Gasteiger partial charge in [0.25, 0.3) is 5.56 Å². The van der Waals surface area contributed by atoms with Crippen LogP contribution >= 0.6 is 35.0 Å². The standard InChI is InChI=1S/C29H27Cl2N3O2S/c30-21-8-11-23(12-9-21)37-16-14-32-28(35)20-7-4-15-34(18-20)27-26(19-5-2-1-3-6-19)24-17-22(31)10-13-25(24)33-29(27)36/h1-3,5-6,8-13,17,20H,4,7,14-16,18H2,(H,32,35)(H,33,36)/t20-/m0/s1. The molecule has 2 N–H and O–H groups in total. The fraction of sp³-hybridized carbons (Fsp3) is 0.241. The van der Waals surface area contributed by atoms with Crippen LogP contribution in [0.25, 0.3) is 22.0 Å². The number of H-pyrrole nitrogens is 1. The smallest absolute Gasteiger partial charge is 0.272 e. The van der Waals surface area contributed by atoms with Crippen molar-refractivity contribution in [2.24, 2.45) is 5.92 Å². The molecule has 0 unspecified atom stereocenters. The van der Waals surface area contributed by atoms with Gasteiger partial charge in [-0.25, -0.2) is 0 Å². The van der Waals surface area contributed by atoms with Crippen molar-refractivity contribution >= 4 is 57.5 Å². The highest BCUT2D eigenvalue weighted by molar-refractivity contribution is 7.99. The van der Waals surface area contributed by atoms with Crippen LogP contribution in [-0.2, 0) is 4.79 Å². The molecule has 1 atom stereocenters. The number of piperidine rings is 1. The summed E-state index contributed by atoms with van der Waals surface area (Å²) in [6, 6.07) is 23.1. The zero-order chi connectivity index (χ0) is 25.8. The van der Waals surface area contributed by atoms with Crippen LogP contribution in [0, 0.1) is 5.92 Å². The van der Waals surface area contributed by atoms with Gasteiger partial charge in [-0.2, -0.15) is 0 Å². The molecule has 0 bridgehead atoms. The lowest BCUT2D eigenvalue weighted by Gasteiger charge is -2.34. The molecule has 1 aliphatic heterocycles. The second-order valence-corrected chi connectivity index (χ2v) is 11.2. The van der Waals surface area contributed by atoms with E-state index in [4.69, 9.17) is 23.2 Å². The van der Waals surface area contributed by atoms with Gasteiger partial charge in [0.05, 0.1) is 5.92 Å². The highest BCUT2D eigenvalue weighted by atomic mass is 35.5. The molecule has 1 aromatic heterocycles. The molecule has 3 aromatic carbocycles. The van der Waals surface area contributed by atoms with Gasteiger partial charge >= 0.3 is 0 Å². The van der Waals surface area contributed by atoms with Crippen molar-refractivity contribution in [1.29, 1.82) is 0 Å². The number of fused-ring (bicyclic) bond motifs is 1. The lowest BCUT2D eigenvalue weighted by Crippen LogP contribution is -2.45. The van der Waals surface area contributed by atoms with Crippen LogP contribution in [0.2, 0.25) is 10.0 Å². The molecule has 8 heteroatoms. The quantitative estimate of drug-likeness (QED) is 0.200. The van der Waals surface area contributed by atoms with Gasteiger partial charge in [-0.15, -0.1) is 11.8 Å². The van der Waals surface area contributed by atoms with Gasteiger partial charge in [0.2, 0.25) is 5.91 Å². The van der Waals surface area contributed by atoms with E-state index in [1.54, 1.807) is 17.8 Å². The number of carbonyl (C=O) groups excluding carboxylic acids is 1. The van der Waals surface area contributed by atoms with Crippen LogP contribution in [0.1, 0.15) is 12.8 Å². The first kappa shape index (κ1) is 25.7. The molecule has 5 nitrogen and oxygen atoms in total. The first-order chi connectivity index (χ1) is 18.0. The number of aromatic amines is 1. The number of rotatable bonds is 7. The Morgan fingerprint density at radius 2 is 1.78 bits per heavy atom. The molecule has 0 radical (unpaired) electrons. The minimum atomic E-state index is -0.188. The number of nitrogens with one attached hydrogen (secondary N) is 2. The van der Waals surface area contributed by atoms with E-state index in [1.807, 2.05) is 66.7 Å². The van der Waals surface area contributed by atoms with Gasteiger partial charge in [0.1, 0.15) is 5.69 Å². The van der Waals surface area contributed by atoms with Crippen molar-refractivity contribution in [3.05, 3.63) is 93.2 Å². The van der Waals surface area contributed by atoms with E-state index in [-0.39, 0.29) is 17.4 Å². The summed E-state index contributed by atoms with van der Waals surface area (Å²) in [5.41, 5.74) is 2.97. The Balaban J connectivity index is 1.35. The van der Waals surface area contributed by atoms with Crippen LogP contribution in [0.3, 0.4) is 0 Å². The molecule has 2 heterocycles. The Morgan fingerprint density at radius 1 is 1.03 bits per heavy atom. The third-order valence-corrected chi connectivity index (χ3v) is 8.11. The molecular formula is C29H27Cl2N3O2S. The van der Waals surface area contributed by atoms with E-state index in [2.05, 4.69) is 15.2 Å². The highest BCUT2D eigenvalue weighted by Gasteiger charge is 2.29. The van der Waals surface area contributed by atoms with Crippen LogP contribution in [-0.4, -0.2) is 36.3 Å². The Hall–Kier alpha value is -2.93. The number of nitrogens with zero attached hydrogens (tertiary/aromatic N) is 1. The van der Waals surface area contributed by atoms with Gasteiger partial charge in [0.15, 0.2) is 0 Å². The summed E-state index contributed by atoms with van der Waals surface area (Å²) >= 11 is 14.0. The number of halogens is 2. The van der Waals surface area contributed by atoms with Crippen molar-refractivity contribution in [3.63, 3.8) is 0 Å². The molecule has 190 valence electrons. The Bertz CT molecular complexity index is 1460. The molecule has 1 aliphatic rings. The van der Waals surface area contributed by atoms with Crippen molar-refractivity contribution in [3.8, 4) is 11.1 Å². The predicted octanol–water partition coefficient (Wildman–Crippen LogP) is 6.63. The summed E-state index contributed by atoms with van der Waals surface area (Å²) in [5, 5.41) is 5.29. The number of thioether (sulfide) groups is 1. The number of benzene rings is 3. The molecule has 5 rings (SSSR count). The number of amides is 1. The lowest BCUT2D eigenvalue weighted by atomic mass is 9.94. The average molecular weight is 553 g/mol. The predicted molar refractivity (Wildman–Crippen MR) is 155 cm³/mol. The van der Waals surface area contributed by atoms with Gasteiger partial charge in [-0.1, -0.05) is 53.5 Å². The lowest BCUT2D eigenvalue weighted by molar-refractivity contribution is -0.125. The largest absolute Gasteiger partial charge is 0.366 e. The molecule has 4 aromatic rings. The van der Waals surface area contributed by atoms with E-state index in [1.165, 1.54) is 0 Å². The first-order valence-electron chi connectivity index (χ1n) is 12.3. The second-order valence-electron chi connectivity index (χ2n) is 9.11. The van der Waals surface area contributed by atoms with Gasteiger partial charge in [-0.3, -0.25) is 9.59 Å². The number of hydrogen-bond donors (Lipinski definition) is 2. The molecule has 1 fully saturated rings. The average Bonchev–Trinajstić information content (AvgIpc) is 2.92. The molecule has 1 saturated heterocycles. The van der Waals surface area contributed by atoms with Crippen LogP contribution in [0.5, 0.6) is 0 Å². The normalized spacial score (nSPS) is 15.6. The SMILES string of the molecule is O=C(NCCSc1ccc(Cl)cc1)[C@H]1CCCN(c2c(-c3ccccc3)c3cc(Cl)ccc3[nH]c2=O)C1. The molecule has 1 amide bonds. The van der Waals surface area contributed by atoms with Gasteiger partial charge < -0.3 is 15.2 Å². The van der Waals surface area contributed by atoms with E-state index in [0.717, 1.165) is 45.5 Å². The first-order valence-corrected chi connectivity index (χ1v) is 14.1. The molecule has 0 aliphatic carbocycles. The minimum Gasteiger partial charge on any atom is -0.366 e. The zero-order valence-electron chi connectivity index (χ0n) is 20.2. The van der Waals surface area contributed by atoms with Gasteiger partial charge in [-0.05, 0) is 60.9 Å². The van der Waals surface area contributed by atoms with Gasteiger partial charge in [0, 0.05) is 56.8 Å². The van der Waals surface area contributed by atoms with Crippen molar-refractivity contribution in [2.45, 2.75) is 17.7 Å². The Labute approximate surface area is 230 Å². The van der Waals surface area contributed by atoms with Crippen molar-refractivity contribution in [1.82, 2.24) is 10.3 Å². The number of pyridine rings is 1. The number of aromatic nitrogens is 1. The van der Waals surface area contributed by atoms with Crippen molar-refractivity contribution in [2.75, 3.05) is 30.3 Å². The molecular weight excluding hydrogens is 525 g/mol. The third kappa shape index (κ3) is 5.98. The maximum atomic E-state index is 13.4. The number of anilines is 1. The summed E-state index contributed by atoms with van der Waals surface area (Å²) < 4.78 is 0. The summed E-state index contributed by atoms with van der Waals surface area (Å²) in [4.78, 5) is 32.7. The Morgan fingerprint density at radius 3 is 2.57 bits per heavy atom.